The van der Waals surface area contributed by atoms with Crippen molar-refractivity contribution in [2.45, 2.75) is 13.3 Å². The molecule has 0 atom stereocenters. The van der Waals surface area contributed by atoms with E-state index >= 15 is 0 Å². The van der Waals surface area contributed by atoms with Crippen LogP contribution in [0.2, 0.25) is 0 Å². The van der Waals surface area contributed by atoms with Gasteiger partial charge in [-0.25, -0.2) is 9.97 Å². The molecule has 4 nitrogen and oxygen atoms in total. The maximum Gasteiger partial charge on any atom is 0.132 e. The second-order valence-electron chi connectivity index (χ2n) is 4.61. The first kappa shape index (κ1) is 12.4. The van der Waals surface area contributed by atoms with Crippen molar-refractivity contribution >= 4 is 5.82 Å². The van der Waals surface area contributed by atoms with E-state index in [-0.39, 0.29) is 0 Å². The summed E-state index contributed by atoms with van der Waals surface area (Å²) >= 11 is 0. The summed E-state index contributed by atoms with van der Waals surface area (Å²) in [6.07, 6.45) is 6.33. The Morgan fingerprint density at radius 1 is 1.15 bits per heavy atom. The van der Waals surface area contributed by atoms with E-state index in [4.69, 9.17) is 5.73 Å². The van der Waals surface area contributed by atoms with E-state index in [1.807, 2.05) is 16.7 Å². The van der Waals surface area contributed by atoms with Crippen LogP contribution < -0.4 is 5.73 Å². The Bertz CT molecular complexity index is 713. The minimum atomic E-state index is 0.513. The summed E-state index contributed by atoms with van der Waals surface area (Å²) in [5.41, 5.74) is 10.2. The van der Waals surface area contributed by atoms with Gasteiger partial charge in [-0.3, -0.25) is 4.57 Å². The summed E-state index contributed by atoms with van der Waals surface area (Å²) < 4.78 is 2.02. The summed E-state index contributed by atoms with van der Waals surface area (Å²) in [5, 5.41) is 0. The molecule has 100 valence electrons. The SMILES string of the molecule is CCc1ccc(-n2cncc2-c2cccnc2N)cc1. The maximum atomic E-state index is 5.95. The van der Waals surface area contributed by atoms with E-state index < -0.39 is 0 Å². The third-order valence-corrected chi connectivity index (χ3v) is 3.38. The van der Waals surface area contributed by atoms with Crippen LogP contribution in [0.3, 0.4) is 0 Å². The van der Waals surface area contributed by atoms with Gasteiger partial charge in [0.05, 0.1) is 18.2 Å². The molecule has 20 heavy (non-hydrogen) atoms. The Morgan fingerprint density at radius 2 is 1.95 bits per heavy atom. The number of pyridine rings is 1. The number of nitrogens with two attached hydrogens (primary N) is 1. The van der Waals surface area contributed by atoms with Crippen molar-refractivity contribution in [3.8, 4) is 16.9 Å². The fraction of sp³-hybridized carbons (Fsp3) is 0.125. The molecular formula is C16H16N4. The number of anilines is 1. The van der Waals surface area contributed by atoms with Crippen LogP contribution in [0.25, 0.3) is 16.9 Å². The number of aryl methyl sites for hydroxylation is 1. The Labute approximate surface area is 117 Å². The molecule has 0 aliphatic rings. The topological polar surface area (TPSA) is 56.7 Å². The van der Waals surface area contributed by atoms with Gasteiger partial charge in [0.1, 0.15) is 5.82 Å². The first-order valence-electron chi connectivity index (χ1n) is 6.62. The Hall–Kier alpha value is -2.62. The highest BCUT2D eigenvalue weighted by Crippen LogP contribution is 2.26. The van der Waals surface area contributed by atoms with Crippen LogP contribution in [-0.4, -0.2) is 14.5 Å². The molecule has 2 heterocycles. The number of benzene rings is 1. The van der Waals surface area contributed by atoms with Gasteiger partial charge >= 0.3 is 0 Å². The number of nitrogen functional groups attached to an aromatic ring is 1. The van der Waals surface area contributed by atoms with E-state index in [0.717, 1.165) is 23.4 Å². The molecule has 0 saturated heterocycles. The molecule has 0 bridgehead atoms. The Morgan fingerprint density at radius 3 is 2.65 bits per heavy atom. The summed E-state index contributed by atoms with van der Waals surface area (Å²) in [4.78, 5) is 8.37. The van der Waals surface area contributed by atoms with Gasteiger partial charge in [-0.2, -0.15) is 0 Å². The van der Waals surface area contributed by atoms with E-state index in [9.17, 15) is 0 Å². The fourth-order valence-corrected chi connectivity index (χ4v) is 2.23. The first-order chi connectivity index (χ1) is 9.79. The molecule has 0 saturated carbocycles. The van der Waals surface area contributed by atoms with Crippen molar-refractivity contribution in [1.82, 2.24) is 14.5 Å². The van der Waals surface area contributed by atoms with Gasteiger partial charge in [0.2, 0.25) is 0 Å². The average molecular weight is 264 g/mol. The van der Waals surface area contributed by atoms with Gasteiger partial charge in [-0.15, -0.1) is 0 Å². The Balaban J connectivity index is 2.08. The summed E-state index contributed by atoms with van der Waals surface area (Å²) in [7, 11) is 0. The third kappa shape index (κ3) is 2.16. The molecule has 3 rings (SSSR count). The lowest BCUT2D eigenvalue weighted by molar-refractivity contribution is 1.05. The van der Waals surface area contributed by atoms with Crippen molar-refractivity contribution in [3.63, 3.8) is 0 Å². The van der Waals surface area contributed by atoms with Crippen molar-refractivity contribution in [2.75, 3.05) is 5.73 Å². The van der Waals surface area contributed by atoms with Crippen LogP contribution >= 0.6 is 0 Å². The molecule has 2 aromatic heterocycles. The molecule has 0 radical (unpaired) electrons. The van der Waals surface area contributed by atoms with Gasteiger partial charge in [0.25, 0.3) is 0 Å². The number of rotatable bonds is 3. The lowest BCUT2D eigenvalue weighted by Gasteiger charge is -2.10. The summed E-state index contributed by atoms with van der Waals surface area (Å²) in [6, 6.07) is 12.3. The predicted octanol–water partition coefficient (Wildman–Crippen LogP) is 3.08. The highest BCUT2D eigenvalue weighted by atomic mass is 15.1. The minimum absolute atomic E-state index is 0.513. The molecule has 3 aromatic rings. The standard InChI is InChI=1S/C16H16N4/c1-2-12-5-7-13(8-6-12)20-11-18-10-15(20)14-4-3-9-19-16(14)17/h3-11H,2H2,1H3,(H2,17,19). The van der Waals surface area contributed by atoms with Crippen molar-refractivity contribution in [2.24, 2.45) is 0 Å². The van der Waals surface area contributed by atoms with E-state index in [1.54, 1.807) is 18.7 Å². The van der Waals surface area contributed by atoms with E-state index in [2.05, 4.69) is 41.2 Å². The number of hydrogen-bond donors (Lipinski definition) is 1. The highest BCUT2D eigenvalue weighted by Gasteiger charge is 2.10. The smallest absolute Gasteiger partial charge is 0.132 e. The zero-order chi connectivity index (χ0) is 13.9. The summed E-state index contributed by atoms with van der Waals surface area (Å²) in [6.45, 7) is 2.15. The lowest BCUT2D eigenvalue weighted by atomic mass is 10.1. The highest BCUT2D eigenvalue weighted by molar-refractivity contribution is 5.71. The first-order valence-corrected chi connectivity index (χ1v) is 6.62. The van der Waals surface area contributed by atoms with Crippen LogP contribution in [0.5, 0.6) is 0 Å². The maximum absolute atomic E-state index is 5.95. The van der Waals surface area contributed by atoms with Crippen molar-refractivity contribution in [1.29, 1.82) is 0 Å². The molecule has 0 aliphatic heterocycles. The predicted molar refractivity (Wildman–Crippen MR) is 80.6 cm³/mol. The van der Waals surface area contributed by atoms with Crippen LogP contribution in [0.15, 0.2) is 55.1 Å². The van der Waals surface area contributed by atoms with Gasteiger partial charge < -0.3 is 5.73 Å². The zero-order valence-corrected chi connectivity index (χ0v) is 11.3. The number of nitrogens with zero attached hydrogens (tertiary/aromatic N) is 3. The van der Waals surface area contributed by atoms with Crippen LogP contribution in [0, 0.1) is 0 Å². The molecular weight excluding hydrogens is 248 g/mol. The van der Waals surface area contributed by atoms with Crippen molar-refractivity contribution in [3.05, 3.63) is 60.7 Å². The normalized spacial score (nSPS) is 10.7. The third-order valence-electron chi connectivity index (χ3n) is 3.38. The van der Waals surface area contributed by atoms with E-state index in [0.29, 0.717) is 5.82 Å². The monoisotopic (exact) mass is 264 g/mol. The largest absolute Gasteiger partial charge is 0.383 e. The second-order valence-corrected chi connectivity index (χ2v) is 4.61. The van der Waals surface area contributed by atoms with Crippen molar-refractivity contribution < 1.29 is 0 Å². The van der Waals surface area contributed by atoms with Crippen LogP contribution in [0.4, 0.5) is 5.82 Å². The second kappa shape index (κ2) is 5.17. The van der Waals surface area contributed by atoms with Crippen LogP contribution in [0.1, 0.15) is 12.5 Å². The van der Waals surface area contributed by atoms with Gasteiger partial charge in [-0.1, -0.05) is 19.1 Å². The van der Waals surface area contributed by atoms with E-state index in [1.165, 1.54) is 5.56 Å². The molecule has 0 fully saturated rings. The molecule has 4 heteroatoms. The lowest BCUT2D eigenvalue weighted by Crippen LogP contribution is -1.99. The molecule has 0 amide bonds. The number of aromatic nitrogens is 3. The number of hydrogen-bond acceptors (Lipinski definition) is 3. The molecule has 0 unspecified atom stereocenters. The molecule has 0 aliphatic carbocycles. The molecule has 1 aromatic carbocycles. The number of imidazole rings is 1. The van der Waals surface area contributed by atoms with Crippen LogP contribution in [-0.2, 0) is 6.42 Å². The summed E-state index contributed by atoms with van der Waals surface area (Å²) in [5.74, 6) is 0.513. The van der Waals surface area contributed by atoms with Gasteiger partial charge in [0.15, 0.2) is 0 Å². The Kier molecular flexibility index (Phi) is 3.21. The van der Waals surface area contributed by atoms with Gasteiger partial charge in [-0.05, 0) is 36.2 Å². The van der Waals surface area contributed by atoms with Gasteiger partial charge in [0, 0.05) is 17.4 Å². The minimum Gasteiger partial charge on any atom is -0.383 e. The average Bonchev–Trinajstić information content (AvgIpc) is 2.97. The molecule has 0 spiro atoms. The quantitative estimate of drug-likeness (QED) is 0.791. The zero-order valence-electron chi connectivity index (χ0n) is 11.3. The fourth-order valence-electron chi connectivity index (χ4n) is 2.23. The molecule has 2 N–H and O–H groups in total.